The molecule has 1 amide bonds. The molecule has 0 aliphatic carbocycles. The number of β-amino-alcohol motifs (C(OH)–C–C–N with tert-alkyl or cyclic N) is 1. The lowest BCUT2D eigenvalue weighted by Crippen LogP contribution is -2.44. The van der Waals surface area contributed by atoms with Crippen LogP contribution in [-0.2, 0) is 11.3 Å². The molecule has 1 aliphatic heterocycles. The van der Waals surface area contributed by atoms with Gasteiger partial charge in [0.15, 0.2) is 5.78 Å². The minimum atomic E-state index is -0.598. The third-order valence-corrected chi connectivity index (χ3v) is 7.14. The van der Waals surface area contributed by atoms with E-state index in [1.807, 2.05) is 48.1 Å². The van der Waals surface area contributed by atoms with Gasteiger partial charge in [-0.05, 0) is 35.9 Å². The zero-order valence-electron chi connectivity index (χ0n) is 16.6. The summed E-state index contributed by atoms with van der Waals surface area (Å²) in [5.41, 5.74) is 4.96. The van der Waals surface area contributed by atoms with Crippen LogP contribution >= 0.6 is 22.7 Å². The minimum absolute atomic E-state index is 0.0224. The normalized spacial score (nSPS) is 19.1. The van der Waals surface area contributed by atoms with E-state index in [0.29, 0.717) is 24.4 Å². The summed E-state index contributed by atoms with van der Waals surface area (Å²) in [5.74, 6) is -0.182. The molecule has 0 spiro atoms. The number of rotatable bonds is 7. The number of benzene rings is 1. The van der Waals surface area contributed by atoms with E-state index >= 15 is 0 Å². The number of hydrogen-bond acceptors (Lipinski definition) is 7. The van der Waals surface area contributed by atoms with Crippen LogP contribution in [0.1, 0.15) is 27.3 Å². The lowest BCUT2D eigenvalue weighted by Gasteiger charge is -2.22. The molecule has 4 rings (SSSR count). The van der Waals surface area contributed by atoms with E-state index in [2.05, 4.69) is 10.3 Å². The number of carbonyl (C=O) groups is 2. The monoisotopic (exact) mass is 441 g/mol. The van der Waals surface area contributed by atoms with Crippen molar-refractivity contribution in [3.8, 4) is 10.4 Å². The van der Waals surface area contributed by atoms with Crippen molar-refractivity contribution < 1.29 is 14.7 Å². The van der Waals surface area contributed by atoms with Crippen LogP contribution in [0.3, 0.4) is 0 Å². The van der Waals surface area contributed by atoms with Crippen LogP contribution < -0.4 is 5.32 Å². The Kier molecular flexibility index (Phi) is 6.38. The molecule has 156 valence electrons. The third-order valence-electron chi connectivity index (χ3n) is 5.26. The number of likely N-dealkylation sites (tertiary alicyclic amines) is 1. The molecule has 2 aromatic heterocycles. The van der Waals surface area contributed by atoms with Crippen molar-refractivity contribution in [2.45, 2.75) is 32.0 Å². The van der Waals surface area contributed by atoms with E-state index in [9.17, 15) is 14.7 Å². The molecule has 8 heteroatoms. The Hall–Kier alpha value is -2.39. The van der Waals surface area contributed by atoms with Gasteiger partial charge in [0.1, 0.15) is 0 Å². The van der Waals surface area contributed by atoms with Gasteiger partial charge in [0.05, 0.1) is 39.6 Å². The topological polar surface area (TPSA) is 82.5 Å². The van der Waals surface area contributed by atoms with Gasteiger partial charge in [0, 0.05) is 13.1 Å². The molecule has 3 heterocycles. The van der Waals surface area contributed by atoms with Crippen molar-refractivity contribution in [2.24, 2.45) is 0 Å². The highest BCUT2D eigenvalue weighted by Gasteiger charge is 2.36. The number of ketones is 1. The molecule has 1 aliphatic rings. The molecule has 0 saturated carbocycles. The second-order valence-electron chi connectivity index (χ2n) is 7.42. The first-order valence-electron chi connectivity index (χ1n) is 9.77. The SMILES string of the molecule is Cc1ncsc1-c1ccc(CNC(=O)C2CC(O)CN2CC(=O)c2cccs2)cc1. The maximum atomic E-state index is 12.8. The van der Waals surface area contributed by atoms with E-state index in [1.54, 1.807) is 22.3 Å². The molecule has 6 nitrogen and oxygen atoms in total. The van der Waals surface area contributed by atoms with Crippen molar-refractivity contribution in [1.29, 1.82) is 0 Å². The Morgan fingerprint density at radius 2 is 2.03 bits per heavy atom. The predicted octanol–water partition coefficient (Wildman–Crippen LogP) is 3.11. The highest BCUT2D eigenvalue weighted by atomic mass is 32.1. The number of thiophene rings is 1. The van der Waals surface area contributed by atoms with E-state index < -0.39 is 12.1 Å². The largest absolute Gasteiger partial charge is 0.392 e. The predicted molar refractivity (Wildman–Crippen MR) is 119 cm³/mol. The van der Waals surface area contributed by atoms with Crippen molar-refractivity contribution >= 4 is 34.4 Å². The summed E-state index contributed by atoms with van der Waals surface area (Å²) in [7, 11) is 0. The van der Waals surface area contributed by atoms with Crippen molar-refractivity contribution in [2.75, 3.05) is 13.1 Å². The number of nitrogens with one attached hydrogen (secondary N) is 1. The number of thiazole rings is 1. The van der Waals surface area contributed by atoms with Crippen LogP contribution in [0.4, 0.5) is 0 Å². The Labute approximate surface area is 183 Å². The number of hydrogen-bond donors (Lipinski definition) is 2. The van der Waals surface area contributed by atoms with Crippen LogP contribution in [0.15, 0.2) is 47.3 Å². The molecule has 0 radical (unpaired) electrons. The van der Waals surface area contributed by atoms with Gasteiger partial charge in [-0.3, -0.25) is 14.5 Å². The Balaban J connectivity index is 1.35. The highest BCUT2D eigenvalue weighted by molar-refractivity contribution is 7.13. The van der Waals surface area contributed by atoms with Gasteiger partial charge in [-0.25, -0.2) is 4.98 Å². The summed E-state index contributed by atoms with van der Waals surface area (Å²) >= 11 is 3.00. The second-order valence-corrected chi connectivity index (χ2v) is 9.22. The molecular weight excluding hydrogens is 418 g/mol. The fourth-order valence-electron chi connectivity index (χ4n) is 3.69. The molecule has 30 heavy (non-hydrogen) atoms. The summed E-state index contributed by atoms with van der Waals surface area (Å²) in [6, 6.07) is 11.2. The van der Waals surface area contributed by atoms with Crippen LogP contribution in [0.2, 0.25) is 0 Å². The molecule has 2 atom stereocenters. The van der Waals surface area contributed by atoms with Crippen molar-refractivity contribution in [3.63, 3.8) is 0 Å². The fourth-order valence-corrected chi connectivity index (χ4v) is 5.15. The lowest BCUT2D eigenvalue weighted by molar-refractivity contribution is -0.125. The molecule has 2 unspecified atom stereocenters. The molecule has 1 fully saturated rings. The standard InChI is InChI=1S/C22H23N3O3S2/c1-14-21(30-13-24-14)16-6-4-15(5-7-16)10-23-22(28)18-9-17(26)11-25(18)12-19(27)20-3-2-8-29-20/h2-8,13,17-18,26H,9-12H2,1H3,(H,23,28). The van der Waals surface area contributed by atoms with Gasteiger partial charge in [-0.1, -0.05) is 30.3 Å². The van der Waals surface area contributed by atoms with Crippen LogP contribution in [-0.4, -0.2) is 51.9 Å². The van der Waals surface area contributed by atoms with E-state index in [0.717, 1.165) is 21.7 Å². The number of aliphatic hydroxyl groups is 1. The number of amides is 1. The first-order valence-corrected chi connectivity index (χ1v) is 11.5. The van der Waals surface area contributed by atoms with E-state index in [1.165, 1.54) is 11.3 Å². The molecule has 2 N–H and O–H groups in total. The van der Waals surface area contributed by atoms with E-state index in [-0.39, 0.29) is 18.2 Å². The number of carbonyl (C=O) groups excluding carboxylic acids is 2. The average molecular weight is 442 g/mol. The van der Waals surface area contributed by atoms with Crippen LogP contribution in [0.5, 0.6) is 0 Å². The van der Waals surface area contributed by atoms with Gasteiger partial charge < -0.3 is 10.4 Å². The van der Waals surface area contributed by atoms with Gasteiger partial charge in [-0.2, -0.15) is 0 Å². The maximum Gasteiger partial charge on any atom is 0.237 e. The third kappa shape index (κ3) is 4.67. The molecule has 3 aromatic rings. The summed E-state index contributed by atoms with van der Waals surface area (Å²) in [6.45, 7) is 2.86. The van der Waals surface area contributed by atoms with Gasteiger partial charge in [0.25, 0.3) is 0 Å². The first kappa shape index (κ1) is 20.9. The molecule has 0 bridgehead atoms. The maximum absolute atomic E-state index is 12.8. The zero-order valence-corrected chi connectivity index (χ0v) is 18.2. The summed E-state index contributed by atoms with van der Waals surface area (Å²) in [4.78, 5) is 33.1. The number of aromatic nitrogens is 1. The number of aliphatic hydroxyl groups excluding tert-OH is 1. The Bertz CT molecular complexity index is 1010. The zero-order chi connectivity index (χ0) is 21.1. The van der Waals surface area contributed by atoms with Crippen LogP contribution in [0, 0.1) is 6.92 Å². The summed E-state index contributed by atoms with van der Waals surface area (Å²) in [6.07, 6.45) is -0.258. The fraction of sp³-hybridized carbons (Fsp3) is 0.318. The molecule has 1 saturated heterocycles. The summed E-state index contributed by atoms with van der Waals surface area (Å²) < 4.78 is 0. The minimum Gasteiger partial charge on any atom is -0.392 e. The van der Waals surface area contributed by atoms with Crippen molar-refractivity contribution in [1.82, 2.24) is 15.2 Å². The van der Waals surface area contributed by atoms with E-state index in [4.69, 9.17) is 0 Å². The van der Waals surface area contributed by atoms with Gasteiger partial charge in [0.2, 0.25) is 5.91 Å². The average Bonchev–Trinajstić information content (AvgIpc) is 3.48. The number of Topliss-reactive ketones (excluding diaryl/α,β-unsaturated/α-hetero) is 1. The quantitative estimate of drug-likeness (QED) is 0.551. The lowest BCUT2D eigenvalue weighted by atomic mass is 10.1. The van der Waals surface area contributed by atoms with Gasteiger partial charge in [-0.15, -0.1) is 22.7 Å². The second kappa shape index (κ2) is 9.18. The van der Waals surface area contributed by atoms with Crippen LogP contribution in [0.25, 0.3) is 10.4 Å². The Morgan fingerprint density at radius 1 is 1.23 bits per heavy atom. The van der Waals surface area contributed by atoms with Crippen molar-refractivity contribution in [3.05, 3.63) is 63.4 Å². The number of nitrogens with zero attached hydrogens (tertiary/aromatic N) is 2. The van der Waals surface area contributed by atoms with Gasteiger partial charge >= 0.3 is 0 Å². The molecule has 1 aromatic carbocycles. The highest BCUT2D eigenvalue weighted by Crippen LogP contribution is 2.27. The number of aryl methyl sites for hydroxylation is 1. The molecular formula is C22H23N3O3S2. The first-order chi connectivity index (χ1) is 14.5. The summed E-state index contributed by atoms with van der Waals surface area (Å²) in [5, 5.41) is 14.9. The Morgan fingerprint density at radius 3 is 2.70 bits per heavy atom. The smallest absolute Gasteiger partial charge is 0.237 e.